The van der Waals surface area contributed by atoms with Crippen molar-refractivity contribution in [1.82, 2.24) is 0 Å². The lowest BCUT2D eigenvalue weighted by Crippen LogP contribution is -2.05. The summed E-state index contributed by atoms with van der Waals surface area (Å²) in [5.74, 6) is 0.619. The van der Waals surface area contributed by atoms with E-state index in [4.69, 9.17) is 10.5 Å². The Balaban J connectivity index is 2.14. The van der Waals surface area contributed by atoms with Gasteiger partial charge in [-0.15, -0.1) is 0 Å². The first kappa shape index (κ1) is 16.0. The Morgan fingerprint density at radius 2 is 1.76 bits per heavy atom. The third-order valence-electron chi connectivity index (χ3n) is 3.32. The summed E-state index contributed by atoms with van der Waals surface area (Å²) in [4.78, 5) is 0. The molecule has 0 radical (unpaired) electrons. The molecule has 21 heavy (non-hydrogen) atoms. The fourth-order valence-corrected chi connectivity index (χ4v) is 2.79. The van der Waals surface area contributed by atoms with Crippen LogP contribution >= 0.6 is 15.9 Å². The molecule has 0 heterocycles. The van der Waals surface area contributed by atoms with Gasteiger partial charge in [0.05, 0.1) is 4.47 Å². The molecule has 0 spiro atoms. The van der Waals surface area contributed by atoms with E-state index in [2.05, 4.69) is 28.1 Å². The van der Waals surface area contributed by atoms with E-state index in [9.17, 15) is 4.39 Å². The van der Waals surface area contributed by atoms with Crippen molar-refractivity contribution in [3.63, 3.8) is 0 Å². The molecule has 0 aliphatic carbocycles. The smallest absolute Gasteiger partial charge is 0.137 e. The van der Waals surface area contributed by atoms with E-state index in [1.165, 1.54) is 11.6 Å². The van der Waals surface area contributed by atoms with Gasteiger partial charge in [0.2, 0.25) is 0 Å². The molecule has 0 saturated heterocycles. The first-order valence-corrected chi connectivity index (χ1v) is 7.67. The average Bonchev–Trinajstić information content (AvgIpc) is 2.42. The lowest BCUT2D eigenvalue weighted by molar-refractivity contribution is 0.301. The van der Waals surface area contributed by atoms with Gasteiger partial charge in [-0.25, -0.2) is 4.39 Å². The van der Waals surface area contributed by atoms with Crippen molar-refractivity contribution in [2.45, 2.75) is 26.9 Å². The molecule has 112 valence electrons. The van der Waals surface area contributed by atoms with Crippen LogP contribution in [0.15, 0.2) is 34.8 Å². The molecular weight excluding hydrogens is 333 g/mol. The van der Waals surface area contributed by atoms with Gasteiger partial charge in [0.15, 0.2) is 0 Å². The SMILES string of the molecule is Cc1cc(CCN)cc(C)c1OCc1ccc(F)c(Br)c1. The van der Waals surface area contributed by atoms with Crippen molar-refractivity contribution >= 4 is 15.9 Å². The van der Waals surface area contributed by atoms with Crippen LogP contribution in [0.4, 0.5) is 4.39 Å². The van der Waals surface area contributed by atoms with E-state index in [1.54, 1.807) is 12.1 Å². The topological polar surface area (TPSA) is 35.2 Å². The summed E-state index contributed by atoms with van der Waals surface area (Å²) in [6.07, 6.45) is 0.868. The third kappa shape index (κ3) is 4.05. The molecule has 0 aromatic heterocycles. The van der Waals surface area contributed by atoms with Crippen LogP contribution in [0.1, 0.15) is 22.3 Å². The molecule has 0 fully saturated rings. The maximum atomic E-state index is 13.2. The van der Waals surface area contributed by atoms with Crippen molar-refractivity contribution in [2.75, 3.05) is 6.54 Å². The van der Waals surface area contributed by atoms with Crippen LogP contribution in [0.5, 0.6) is 5.75 Å². The molecule has 0 bridgehead atoms. The first-order chi connectivity index (χ1) is 10.0. The second-order valence-corrected chi connectivity index (χ2v) is 5.99. The van der Waals surface area contributed by atoms with E-state index in [-0.39, 0.29) is 5.82 Å². The Morgan fingerprint density at radius 3 is 2.33 bits per heavy atom. The fourth-order valence-electron chi connectivity index (χ4n) is 2.36. The third-order valence-corrected chi connectivity index (χ3v) is 3.93. The van der Waals surface area contributed by atoms with Gasteiger partial charge in [-0.2, -0.15) is 0 Å². The Labute approximate surface area is 133 Å². The number of hydrogen-bond donors (Lipinski definition) is 1. The van der Waals surface area contributed by atoms with E-state index < -0.39 is 0 Å². The summed E-state index contributed by atoms with van der Waals surface area (Å²) in [7, 11) is 0. The molecule has 2 N–H and O–H groups in total. The number of aryl methyl sites for hydroxylation is 2. The Morgan fingerprint density at radius 1 is 1.10 bits per heavy atom. The van der Waals surface area contributed by atoms with Crippen LogP contribution in [0.25, 0.3) is 0 Å². The summed E-state index contributed by atoms with van der Waals surface area (Å²) in [6.45, 7) is 5.12. The van der Waals surface area contributed by atoms with Crippen LogP contribution in [-0.2, 0) is 13.0 Å². The number of halogens is 2. The molecule has 0 unspecified atom stereocenters. The molecule has 2 rings (SSSR count). The highest BCUT2D eigenvalue weighted by Crippen LogP contribution is 2.26. The van der Waals surface area contributed by atoms with Crippen molar-refractivity contribution in [3.05, 3.63) is 62.9 Å². The highest BCUT2D eigenvalue weighted by atomic mass is 79.9. The minimum Gasteiger partial charge on any atom is -0.488 e. The molecule has 2 aromatic carbocycles. The van der Waals surface area contributed by atoms with Gasteiger partial charge >= 0.3 is 0 Å². The van der Waals surface area contributed by atoms with Crippen LogP contribution in [0.3, 0.4) is 0 Å². The molecule has 4 heteroatoms. The highest BCUT2D eigenvalue weighted by Gasteiger charge is 2.08. The summed E-state index contributed by atoms with van der Waals surface area (Å²) >= 11 is 3.19. The van der Waals surface area contributed by atoms with Crippen LogP contribution in [-0.4, -0.2) is 6.54 Å². The minimum absolute atomic E-state index is 0.266. The number of nitrogens with two attached hydrogens (primary N) is 1. The van der Waals surface area contributed by atoms with E-state index in [0.29, 0.717) is 17.6 Å². The van der Waals surface area contributed by atoms with Gasteiger partial charge in [-0.05, 0) is 77.1 Å². The standard InChI is InChI=1S/C17H19BrFNO/c1-11-7-13(5-6-20)8-12(2)17(11)21-10-14-3-4-16(19)15(18)9-14/h3-4,7-9H,5-6,10,20H2,1-2H3. The summed E-state index contributed by atoms with van der Waals surface area (Å²) in [5, 5.41) is 0. The number of hydrogen-bond acceptors (Lipinski definition) is 2. The van der Waals surface area contributed by atoms with Crippen LogP contribution < -0.4 is 10.5 Å². The summed E-state index contributed by atoms with van der Waals surface area (Å²) in [6, 6.07) is 9.12. The monoisotopic (exact) mass is 351 g/mol. The zero-order valence-corrected chi connectivity index (χ0v) is 13.8. The lowest BCUT2D eigenvalue weighted by Gasteiger charge is -2.14. The maximum Gasteiger partial charge on any atom is 0.137 e. The fraction of sp³-hybridized carbons (Fsp3) is 0.294. The van der Waals surface area contributed by atoms with Crippen LogP contribution in [0.2, 0.25) is 0 Å². The van der Waals surface area contributed by atoms with E-state index in [0.717, 1.165) is 28.9 Å². The first-order valence-electron chi connectivity index (χ1n) is 6.88. The van der Waals surface area contributed by atoms with Gasteiger partial charge in [0.1, 0.15) is 18.2 Å². The highest BCUT2D eigenvalue weighted by molar-refractivity contribution is 9.10. The number of benzene rings is 2. The maximum absolute atomic E-state index is 13.2. The normalized spacial score (nSPS) is 10.7. The molecule has 0 amide bonds. The van der Waals surface area contributed by atoms with Gasteiger partial charge in [0, 0.05) is 0 Å². The van der Waals surface area contributed by atoms with Gasteiger partial charge in [-0.1, -0.05) is 18.2 Å². The molecule has 2 nitrogen and oxygen atoms in total. The van der Waals surface area contributed by atoms with Crippen LogP contribution in [0, 0.1) is 19.7 Å². The zero-order valence-electron chi connectivity index (χ0n) is 12.2. The number of rotatable bonds is 5. The van der Waals surface area contributed by atoms with Gasteiger partial charge in [-0.3, -0.25) is 0 Å². The van der Waals surface area contributed by atoms with Crippen molar-refractivity contribution in [3.8, 4) is 5.75 Å². The molecular formula is C17H19BrFNO. The second kappa shape index (κ2) is 7.05. The molecule has 0 atom stereocenters. The predicted octanol–water partition coefficient (Wildman–Crippen LogP) is 4.29. The van der Waals surface area contributed by atoms with Gasteiger partial charge < -0.3 is 10.5 Å². The summed E-state index contributed by atoms with van der Waals surface area (Å²) in [5.41, 5.74) is 9.94. The molecule has 0 aliphatic heterocycles. The Kier molecular flexibility index (Phi) is 5.37. The zero-order chi connectivity index (χ0) is 15.4. The lowest BCUT2D eigenvalue weighted by atomic mass is 10.0. The molecule has 0 saturated carbocycles. The quantitative estimate of drug-likeness (QED) is 0.872. The van der Waals surface area contributed by atoms with Crippen molar-refractivity contribution in [2.24, 2.45) is 5.73 Å². The van der Waals surface area contributed by atoms with Crippen molar-refractivity contribution < 1.29 is 9.13 Å². The number of ether oxygens (including phenoxy) is 1. The minimum atomic E-state index is -0.266. The molecule has 2 aromatic rings. The molecule has 0 aliphatic rings. The summed E-state index contributed by atoms with van der Waals surface area (Å²) < 4.78 is 19.6. The van der Waals surface area contributed by atoms with E-state index in [1.807, 2.05) is 13.8 Å². The largest absolute Gasteiger partial charge is 0.488 e. The van der Waals surface area contributed by atoms with Crippen molar-refractivity contribution in [1.29, 1.82) is 0 Å². The Hall–Kier alpha value is -1.39. The average molecular weight is 352 g/mol. The van der Waals surface area contributed by atoms with Gasteiger partial charge in [0.25, 0.3) is 0 Å². The van der Waals surface area contributed by atoms with E-state index >= 15 is 0 Å². The predicted molar refractivity (Wildman–Crippen MR) is 87.1 cm³/mol. The second-order valence-electron chi connectivity index (χ2n) is 5.13. The Bertz CT molecular complexity index is 620.